The van der Waals surface area contributed by atoms with Gasteiger partial charge >= 0.3 is 0 Å². The van der Waals surface area contributed by atoms with Crippen LogP contribution in [0.4, 0.5) is 10.1 Å². The number of carbonyl (C=O) groups excluding carboxylic acids is 1. The van der Waals surface area contributed by atoms with Crippen LogP contribution in [-0.2, 0) is 0 Å². The summed E-state index contributed by atoms with van der Waals surface area (Å²) in [5.74, 6) is -1.01. The van der Waals surface area contributed by atoms with Gasteiger partial charge in [0.15, 0.2) is 0 Å². The molecule has 0 heterocycles. The van der Waals surface area contributed by atoms with E-state index >= 15 is 0 Å². The van der Waals surface area contributed by atoms with Gasteiger partial charge in [-0.3, -0.25) is 4.79 Å². The van der Waals surface area contributed by atoms with Crippen molar-refractivity contribution in [3.05, 3.63) is 63.4 Å². The Hall–Kier alpha value is -1.58. The van der Waals surface area contributed by atoms with Crippen LogP contribution in [0.15, 0.2) is 36.4 Å². The molecule has 98 valence electrons. The smallest absolute Gasteiger partial charge is 0.257 e. The van der Waals surface area contributed by atoms with Gasteiger partial charge in [0.05, 0.1) is 16.3 Å². The molecule has 1 amide bonds. The molecule has 5 heteroatoms. The highest BCUT2D eigenvalue weighted by Crippen LogP contribution is 2.23. The second kappa shape index (κ2) is 5.59. The number of rotatable bonds is 2. The summed E-state index contributed by atoms with van der Waals surface area (Å²) >= 11 is 11.7. The van der Waals surface area contributed by atoms with E-state index in [1.807, 2.05) is 6.92 Å². The fourth-order valence-corrected chi connectivity index (χ4v) is 1.97. The van der Waals surface area contributed by atoms with Gasteiger partial charge in [-0.25, -0.2) is 4.39 Å². The molecule has 0 saturated heterocycles. The van der Waals surface area contributed by atoms with Crippen molar-refractivity contribution in [1.29, 1.82) is 0 Å². The highest BCUT2D eigenvalue weighted by atomic mass is 35.5. The maximum Gasteiger partial charge on any atom is 0.257 e. The van der Waals surface area contributed by atoms with E-state index < -0.39 is 11.7 Å². The average Bonchev–Trinajstić information content (AvgIpc) is 2.36. The van der Waals surface area contributed by atoms with E-state index in [4.69, 9.17) is 23.2 Å². The van der Waals surface area contributed by atoms with Crippen molar-refractivity contribution in [2.45, 2.75) is 6.92 Å². The fraction of sp³-hybridized carbons (Fsp3) is 0.0714. The molecule has 0 spiro atoms. The second-order valence-electron chi connectivity index (χ2n) is 4.06. The summed E-state index contributed by atoms with van der Waals surface area (Å²) in [7, 11) is 0. The Morgan fingerprint density at radius 2 is 1.89 bits per heavy atom. The van der Waals surface area contributed by atoms with Crippen molar-refractivity contribution in [2.75, 3.05) is 5.32 Å². The zero-order valence-corrected chi connectivity index (χ0v) is 11.5. The Balaban J connectivity index is 2.30. The van der Waals surface area contributed by atoms with E-state index in [0.717, 1.165) is 5.56 Å². The zero-order chi connectivity index (χ0) is 14.0. The molecule has 0 fully saturated rings. The monoisotopic (exact) mass is 297 g/mol. The number of hydrogen-bond acceptors (Lipinski definition) is 1. The molecule has 2 aromatic rings. The maximum atomic E-state index is 13.6. The number of aryl methyl sites for hydroxylation is 1. The first-order valence-corrected chi connectivity index (χ1v) is 6.25. The zero-order valence-electron chi connectivity index (χ0n) is 10.0. The lowest BCUT2D eigenvalue weighted by molar-refractivity contribution is 0.102. The number of anilines is 1. The van der Waals surface area contributed by atoms with Crippen LogP contribution in [0.3, 0.4) is 0 Å². The van der Waals surface area contributed by atoms with Gasteiger partial charge in [-0.05, 0) is 42.8 Å². The Morgan fingerprint density at radius 3 is 2.63 bits per heavy atom. The molecule has 0 radical (unpaired) electrons. The lowest BCUT2D eigenvalue weighted by Crippen LogP contribution is -2.13. The molecule has 1 N–H and O–H groups in total. The number of carbonyl (C=O) groups is 1. The van der Waals surface area contributed by atoms with Gasteiger partial charge in [-0.15, -0.1) is 0 Å². The van der Waals surface area contributed by atoms with E-state index in [9.17, 15) is 9.18 Å². The van der Waals surface area contributed by atoms with Gasteiger partial charge in [0.25, 0.3) is 5.91 Å². The Morgan fingerprint density at radius 1 is 1.16 bits per heavy atom. The van der Waals surface area contributed by atoms with Crippen molar-refractivity contribution in [3.8, 4) is 0 Å². The average molecular weight is 298 g/mol. The number of hydrogen-bond donors (Lipinski definition) is 1. The third-order valence-electron chi connectivity index (χ3n) is 2.54. The molecule has 2 nitrogen and oxygen atoms in total. The van der Waals surface area contributed by atoms with Crippen LogP contribution in [-0.4, -0.2) is 5.91 Å². The molecular formula is C14H10Cl2FNO. The normalized spacial score (nSPS) is 10.3. The summed E-state index contributed by atoms with van der Waals surface area (Å²) in [6.45, 7) is 1.81. The molecule has 0 aliphatic rings. The molecule has 2 aromatic carbocycles. The third kappa shape index (κ3) is 3.25. The van der Waals surface area contributed by atoms with Crippen LogP contribution in [0, 0.1) is 12.7 Å². The SMILES string of the molecule is Cc1ccc(F)c(NC(=O)c2cc(Cl)ccc2Cl)c1. The maximum absolute atomic E-state index is 13.6. The van der Waals surface area contributed by atoms with Crippen LogP contribution >= 0.6 is 23.2 Å². The van der Waals surface area contributed by atoms with Crippen molar-refractivity contribution in [2.24, 2.45) is 0 Å². The van der Waals surface area contributed by atoms with Gasteiger partial charge in [-0.2, -0.15) is 0 Å². The van der Waals surface area contributed by atoms with Crippen molar-refractivity contribution < 1.29 is 9.18 Å². The van der Waals surface area contributed by atoms with Crippen molar-refractivity contribution in [3.63, 3.8) is 0 Å². The van der Waals surface area contributed by atoms with E-state index in [2.05, 4.69) is 5.32 Å². The van der Waals surface area contributed by atoms with Gasteiger partial charge < -0.3 is 5.32 Å². The molecule has 0 bridgehead atoms. The quantitative estimate of drug-likeness (QED) is 0.856. The lowest BCUT2D eigenvalue weighted by atomic mass is 10.2. The molecular weight excluding hydrogens is 288 g/mol. The summed E-state index contributed by atoms with van der Waals surface area (Å²) in [6, 6.07) is 9.00. The number of nitrogens with one attached hydrogen (secondary N) is 1. The summed E-state index contributed by atoms with van der Waals surface area (Å²) in [5.41, 5.74) is 1.16. The standard InChI is InChI=1S/C14H10Cl2FNO/c1-8-2-5-12(17)13(6-8)18-14(19)10-7-9(15)3-4-11(10)16/h2-7H,1H3,(H,18,19). The van der Waals surface area contributed by atoms with Gasteiger partial charge in [0.1, 0.15) is 5.82 Å². The van der Waals surface area contributed by atoms with Gasteiger partial charge in [0.2, 0.25) is 0 Å². The summed E-state index contributed by atoms with van der Waals surface area (Å²) in [6.07, 6.45) is 0. The fourth-order valence-electron chi connectivity index (χ4n) is 1.60. The van der Waals surface area contributed by atoms with Crippen LogP contribution in [0.5, 0.6) is 0 Å². The Kier molecular flexibility index (Phi) is 4.08. The van der Waals surface area contributed by atoms with Gasteiger partial charge in [0, 0.05) is 5.02 Å². The topological polar surface area (TPSA) is 29.1 Å². The first-order chi connectivity index (χ1) is 8.97. The van der Waals surface area contributed by atoms with Crippen LogP contribution < -0.4 is 5.32 Å². The first kappa shape index (κ1) is 13.8. The van der Waals surface area contributed by atoms with Gasteiger partial charge in [-0.1, -0.05) is 29.3 Å². The minimum atomic E-state index is -0.503. The Labute approximate surface area is 120 Å². The second-order valence-corrected chi connectivity index (χ2v) is 4.91. The first-order valence-electron chi connectivity index (χ1n) is 5.50. The van der Waals surface area contributed by atoms with E-state index in [0.29, 0.717) is 5.02 Å². The minimum Gasteiger partial charge on any atom is -0.319 e. The number of halogens is 3. The summed E-state index contributed by atoms with van der Waals surface area (Å²) in [4.78, 5) is 12.0. The summed E-state index contributed by atoms with van der Waals surface area (Å²) in [5, 5.41) is 3.13. The largest absolute Gasteiger partial charge is 0.319 e. The Bertz CT molecular complexity index is 643. The molecule has 0 unspecified atom stereocenters. The minimum absolute atomic E-state index is 0.112. The van der Waals surface area contributed by atoms with Crippen LogP contribution in [0.2, 0.25) is 10.0 Å². The molecule has 0 atom stereocenters. The molecule has 19 heavy (non-hydrogen) atoms. The van der Waals surface area contributed by atoms with Crippen molar-refractivity contribution in [1.82, 2.24) is 0 Å². The molecule has 0 aliphatic carbocycles. The van der Waals surface area contributed by atoms with Crippen LogP contribution in [0.1, 0.15) is 15.9 Å². The predicted octanol–water partition coefficient (Wildman–Crippen LogP) is 4.69. The van der Waals surface area contributed by atoms with E-state index in [1.54, 1.807) is 18.2 Å². The van der Waals surface area contributed by atoms with Crippen molar-refractivity contribution >= 4 is 34.8 Å². The van der Waals surface area contributed by atoms with E-state index in [-0.39, 0.29) is 16.3 Å². The number of amides is 1. The predicted molar refractivity (Wildman–Crippen MR) is 75.6 cm³/mol. The highest BCUT2D eigenvalue weighted by Gasteiger charge is 2.13. The highest BCUT2D eigenvalue weighted by molar-refractivity contribution is 6.36. The molecule has 2 rings (SSSR count). The summed E-state index contributed by atoms with van der Waals surface area (Å²) < 4.78 is 13.6. The lowest BCUT2D eigenvalue weighted by Gasteiger charge is -2.08. The number of benzene rings is 2. The molecule has 0 aromatic heterocycles. The molecule has 0 saturated carbocycles. The van der Waals surface area contributed by atoms with E-state index in [1.165, 1.54) is 18.2 Å². The van der Waals surface area contributed by atoms with Crippen LogP contribution in [0.25, 0.3) is 0 Å². The third-order valence-corrected chi connectivity index (χ3v) is 3.11. The molecule has 0 aliphatic heterocycles.